The largest absolute Gasteiger partial charge is 0.481 e. The van der Waals surface area contributed by atoms with Gasteiger partial charge in [0, 0.05) is 13.0 Å². The molecule has 0 aromatic carbocycles. The number of rotatable bonds is 17. The van der Waals surface area contributed by atoms with E-state index in [0.717, 1.165) is 0 Å². The summed E-state index contributed by atoms with van der Waals surface area (Å²) in [5, 5.41) is 33.7. The monoisotopic (exact) mass is 544 g/mol. The van der Waals surface area contributed by atoms with E-state index >= 15 is 0 Å². The molecule has 0 aromatic heterocycles. The zero-order valence-electron chi connectivity index (χ0n) is 20.9. The summed E-state index contributed by atoms with van der Waals surface area (Å²) in [4.78, 5) is 84.4. The molecule has 1 fully saturated rings. The zero-order valence-corrected chi connectivity index (χ0v) is 20.9. The Balaban J connectivity index is 2.76. The Morgan fingerprint density at radius 1 is 0.895 bits per heavy atom. The van der Waals surface area contributed by atoms with Crippen LogP contribution in [-0.2, 0) is 33.6 Å². The summed E-state index contributed by atoms with van der Waals surface area (Å²) in [5.41, 5.74) is 11.2. The number of carbonyl (C=O) groups excluding carboxylic acids is 4. The van der Waals surface area contributed by atoms with E-state index in [1.807, 2.05) is 0 Å². The van der Waals surface area contributed by atoms with Crippen molar-refractivity contribution in [2.24, 2.45) is 11.5 Å². The molecule has 1 aliphatic rings. The number of hydrogen-bond acceptors (Lipinski definition) is 9. The lowest BCUT2D eigenvalue weighted by atomic mass is 10.1. The van der Waals surface area contributed by atoms with Crippen molar-refractivity contribution in [2.75, 3.05) is 19.6 Å². The summed E-state index contributed by atoms with van der Waals surface area (Å²) in [6.45, 7) is -0.000506. The average Bonchev–Trinajstić information content (AvgIpc) is 3.34. The summed E-state index contributed by atoms with van der Waals surface area (Å²) in [7, 11) is 0. The van der Waals surface area contributed by atoms with Gasteiger partial charge < -0.3 is 47.6 Å². The van der Waals surface area contributed by atoms with Gasteiger partial charge in [0.1, 0.15) is 18.1 Å². The Morgan fingerprint density at radius 3 is 2.16 bits per heavy atom. The molecule has 1 rings (SSSR count). The van der Waals surface area contributed by atoms with Crippen molar-refractivity contribution >= 4 is 41.5 Å². The maximum atomic E-state index is 12.8. The second-order valence-electron chi connectivity index (χ2n) is 8.84. The number of carbonyl (C=O) groups is 7. The number of nitrogens with zero attached hydrogens (tertiary/aromatic N) is 1. The minimum Gasteiger partial charge on any atom is -0.481 e. The van der Waals surface area contributed by atoms with Crippen LogP contribution >= 0.6 is 0 Å². The molecule has 0 aromatic rings. The zero-order chi connectivity index (χ0) is 28.8. The lowest BCUT2D eigenvalue weighted by Gasteiger charge is -2.26. The normalized spacial score (nSPS) is 17.1. The molecule has 0 radical (unpaired) electrons. The number of aliphatic carboxylic acids is 3. The molecule has 1 aliphatic heterocycles. The summed E-state index contributed by atoms with van der Waals surface area (Å²) in [6, 6.07) is -4.93. The fourth-order valence-corrected chi connectivity index (χ4v) is 3.82. The molecular formula is C22H36N6O10. The Kier molecular flexibility index (Phi) is 13.7. The second-order valence-corrected chi connectivity index (χ2v) is 8.84. The Hall–Kier alpha value is -3.79. The van der Waals surface area contributed by atoms with Gasteiger partial charge in [0.25, 0.3) is 0 Å². The highest BCUT2D eigenvalue weighted by molar-refractivity contribution is 5.94. The van der Waals surface area contributed by atoms with Crippen molar-refractivity contribution in [3.63, 3.8) is 0 Å². The molecule has 0 aliphatic carbocycles. The van der Waals surface area contributed by atoms with E-state index in [0.29, 0.717) is 25.8 Å². The van der Waals surface area contributed by atoms with Crippen molar-refractivity contribution in [3.05, 3.63) is 0 Å². The maximum absolute atomic E-state index is 12.8. The van der Waals surface area contributed by atoms with Gasteiger partial charge in [0.05, 0.1) is 19.0 Å². The third-order valence-corrected chi connectivity index (χ3v) is 5.87. The van der Waals surface area contributed by atoms with Crippen LogP contribution in [0, 0.1) is 0 Å². The van der Waals surface area contributed by atoms with Crippen molar-refractivity contribution in [3.8, 4) is 0 Å². The number of unbranched alkanes of at least 4 members (excludes halogenated alkanes) is 1. The van der Waals surface area contributed by atoms with Crippen LogP contribution in [-0.4, -0.2) is 106 Å². The number of amides is 4. The third-order valence-electron chi connectivity index (χ3n) is 5.87. The molecule has 1 heterocycles. The first-order valence-corrected chi connectivity index (χ1v) is 12.2. The smallest absolute Gasteiger partial charge is 0.326 e. The molecule has 16 nitrogen and oxygen atoms in total. The van der Waals surface area contributed by atoms with Gasteiger partial charge in [-0.05, 0) is 45.1 Å². The maximum Gasteiger partial charge on any atom is 0.326 e. The second kappa shape index (κ2) is 16.1. The van der Waals surface area contributed by atoms with E-state index < -0.39 is 78.7 Å². The summed E-state index contributed by atoms with van der Waals surface area (Å²) >= 11 is 0. The van der Waals surface area contributed by atoms with Gasteiger partial charge in [0.15, 0.2) is 0 Å². The number of likely N-dealkylation sites (tertiary alicyclic amines) is 1. The van der Waals surface area contributed by atoms with Gasteiger partial charge in [-0.15, -0.1) is 0 Å². The highest BCUT2D eigenvalue weighted by atomic mass is 16.4. The van der Waals surface area contributed by atoms with Gasteiger partial charge in [-0.25, -0.2) is 4.79 Å². The van der Waals surface area contributed by atoms with E-state index in [9.17, 15) is 33.6 Å². The highest BCUT2D eigenvalue weighted by Gasteiger charge is 2.36. The molecule has 0 bridgehead atoms. The van der Waals surface area contributed by atoms with Crippen molar-refractivity contribution in [2.45, 2.75) is 75.5 Å². The van der Waals surface area contributed by atoms with Crippen LogP contribution in [0.5, 0.6) is 0 Å². The summed E-state index contributed by atoms with van der Waals surface area (Å²) < 4.78 is 0. The average molecular weight is 545 g/mol. The first kappa shape index (κ1) is 32.2. The third kappa shape index (κ3) is 11.1. The Bertz CT molecular complexity index is 898. The van der Waals surface area contributed by atoms with E-state index in [-0.39, 0.29) is 32.2 Å². The van der Waals surface area contributed by atoms with Crippen LogP contribution in [0.4, 0.5) is 0 Å². The van der Waals surface area contributed by atoms with E-state index in [1.165, 1.54) is 4.90 Å². The number of nitrogens with two attached hydrogens (primary N) is 2. The minimum absolute atomic E-state index is 0.135. The SMILES string of the molecule is NCCCCC(NC(=O)C(N)CCC(=O)O)C(=O)NCC(=O)N1CCCC1C(=O)NC(CC(=O)O)C(=O)O. The van der Waals surface area contributed by atoms with Gasteiger partial charge in [-0.1, -0.05) is 0 Å². The molecule has 214 valence electrons. The van der Waals surface area contributed by atoms with Crippen LogP contribution < -0.4 is 27.4 Å². The lowest BCUT2D eigenvalue weighted by molar-refractivity contribution is -0.148. The lowest BCUT2D eigenvalue weighted by Crippen LogP contribution is -2.55. The summed E-state index contributed by atoms with van der Waals surface area (Å²) in [5.74, 6) is -6.95. The Labute approximate surface area is 218 Å². The molecule has 10 N–H and O–H groups in total. The van der Waals surface area contributed by atoms with Gasteiger partial charge >= 0.3 is 17.9 Å². The van der Waals surface area contributed by atoms with Gasteiger partial charge in [0.2, 0.25) is 23.6 Å². The fraction of sp³-hybridized carbons (Fsp3) is 0.682. The molecular weight excluding hydrogens is 508 g/mol. The van der Waals surface area contributed by atoms with Crippen LogP contribution in [0.1, 0.15) is 51.4 Å². The molecule has 4 amide bonds. The van der Waals surface area contributed by atoms with Gasteiger partial charge in [-0.2, -0.15) is 0 Å². The minimum atomic E-state index is -1.67. The van der Waals surface area contributed by atoms with E-state index in [4.69, 9.17) is 26.8 Å². The van der Waals surface area contributed by atoms with Crippen molar-refractivity contribution in [1.82, 2.24) is 20.9 Å². The molecule has 38 heavy (non-hydrogen) atoms. The van der Waals surface area contributed by atoms with Crippen molar-refractivity contribution in [1.29, 1.82) is 0 Å². The number of nitrogens with one attached hydrogen (secondary N) is 3. The van der Waals surface area contributed by atoms with Crippen LogP contribution in [0.2, 0.25) is 0 Å². The quantitative estimate of drug-likeness (QED) is 0.0848. The van der Waals surface area contributed by atoms with E-state index in [1.54, 1.807) is 0 Å². The number of hydrogen-bond donors (Lipinski definition) is 8. The standard InChI is InChI=1S/C22H36N6O10/c23-8-2-1-4-13(26-19(34)12(24)6-7-17(30)31)20(35)25-11-16(29)28-9-3-5-15(28)21(36)27-14(22(37)38)10-18(32)33/h12-15H,1-11,23-24H2,(H,25,35)(H,26,34)(H,27,36)(H,30,31)(H,32,33)(H,37,38). The van der Waals surface area contributed by atoms with Crippen LogP contribution in [0.25, 0.3) is 0 Å². The predicted octanol–water partition coefficient (Wildman–Crippen LogP) is -3.06. The number of carboxylic acids is 3. The highest BCUT2D eigenvalue weighted by Crippen LogP contribution is 2.18. The molecule has 16 heteroatoms. The first-order valence-electron chi connectivity index (χ1n) is 12.2. The van der Waals surface area contributed by atoms with Crippen molar-refractivity contribution < 1.29 is 48.9 Å². The van der Waals surface area contributed by atoms with E-state index in [2.05, 4.69) is 16.0 Å². The fourth-order valence-electron chi connectivity index (χ4n) is 3.82. The molecule has 4 atom stereocenters. The topological polar surface area (TPSA) is 272 Å². The predicted molar refractivity (Wildman–Crippen MR) is 129 cm³/mol. The van der Waals surface area contributed by atoms with Crippen LogP contribution in [0.3, 0.4) is 0 Å². The summed E-state index contributed by atoms with van der Waals surface area (Å²) in [6.07, 6.45) is 0.567. The first-order chi connectivity index (χ1) is 17.9. The Morgan fingerprint density at radius 2 is 1.58 bits per heavy atom. The molecule has 1 saturated heterocycles. The molecule has 4 unspecified atom stereocenters. The molecule has 0 spiro atoms. The molecule has 0 saturated carbocycles. The van der Waals surface area contributed by atoms with Gasteiger partial charge in [-0.3, -0.25) is 28.8 Å². The van der Waals surface area contributed by atoms with Crippen LogP contribution in [0.15, 0.2) is 0 Å². The number of carboxylic acid groups (broad SMARTS) is 3.